The van der Waals surface area contributed by atoms with E-state index in [0.717, 1.165) is 19.3 Å². The van der Waals surface area contributed by atoms with Crippen LogP contribution in [0.5, 0.6) is 0 Å². The van der Waals surface area contributed by atoms with Crippen LogP contribution >= 0.6 is 12.4 Å². The molecule has 1 aliphatic heterocycles. The van der Waals surface area contributed by atoms with Crippen LogP contribution in [0.25, 0.3) is 0 Å². The number of rotatable bonds is 2. The second-order valence-corrected chi connectivity index (χ2v) is 8.20. The number of hydrogen-bond acceptors (Lipinski definition) is 4. The Bertz CT molecular complexity index is 440. The molecule has 2 aliphatic rings. The van der Waals surface area contributed by atoms with Gasteiger partial charge in [-0.2, -0.15) is 0 Å². The van der Waals surface area contributed by atoms with Crippen LogP contribution in [0.1, 0.15) is 39.0 Å². The van der Waals surface area contributed by atoms with Crippen molar-refractivity contribution >= 4 is 28.2 Å². The van der Waals surface area contributed by atoms with E-state index in [1.807, 2.05) is 6.92 Å². The van der Waals surface area contributed by atoms with Gasteiger partial charge < -0.3 is 11.1 Å². The Morgan fingerprint density at radius 2 is 2.05 bits per heavy atom. The highest BCUT2D eigenvalue weighted by Crippen LogP contribution is 2.27. The van der Waals surface area contributed by atoms with Gasteiger partial charge in [-0.1, -0.05) is 6.42 Å². The van der Waals surface area contributed by atoms with Crippen molar-refractivity contribution in [1.29, 1.82) is 0 Å². The molecule has 1 aliphatic carbocycles. The average molecular weight is 311 g/mol. The minimum atomic E-state index is -2.98. The molecule has 5 nitrogen and oxygen atoms in total. The molecule has 1 saturated carbocycles. The number of nitrogens with two attached hydrogens (primary N) is 1. The lowest BCUT2D eigenvalue weighted by molar-refractivity contribution is -0.127. The molecule has 0 aromatic carbocycles. The zero-order valence-electron chi connectivity index (χ0n) is 11.2. The van der Waals surface area contributed by atoms with Crippen molar-refractivity contribution in [1.82, 2.24) is 5.32 Å². The summed E-state index contributed by atoms with van der Waals surface area (Å²) in [6, 6.07) is 0.106. The zero-order valence-corrected chi connectivity index (χ0v) is 12.9. The first-order chi connectivity index (χ1) is 8.30. The van der Waals surface area contributed by atoms with Gasteiger partial charge in [0, 0.05) is 12.0 Å². The summed E-state index contributed by atoms with van der Waals surface area (Å²) in [5.41, 5.74) is 5.29. The van der Waals surface area contributed by atoms with E-state index in [9.17, 15) is 13.2 Å². The Balaban J connectivity index is 0.00000180. The minimum Gasteiger partial charge on any atom is -0.350 e. The molecule has 0 aromatic rings. The normalized spacial score (nSPS) is 37.4. The summed E-state index contributed by atoms with van der Waals surface area (Å²) in [7, 11) is -2.98. The van der Waals surface area contributed by atoms with Crippen molar-refractivity contribution in [3.8, 4) is 0 Å². The van der Waals surface area contributed by atoms with Crippen molar-refractivity contribution in [2.75, 3.05) is 11.5 Å². The number of halogens is 1. The highest BCUT2D eigenvalue weighted by Gasteiger charge is 2.40. The molecule has 7 heteroatoms. The Hall–Kier alpha value is -0.330. The van der Waals surface area contributed by atoms with Gasteiger partial charge in [0.1, 0.15) is 0 Å². The Morgan fingerprint density at radius 1 is 1.37 bits per heavy atom. The van der Waals surface area contributed by atoms with Crippen molar-refractivity contribution < 1.29 is 13.2 Å². The quantitative estimate of drug-likeness (QED) is 0.782. The summed E-state index contributed by atoms with van der Waals surface area (Å²) in [5, 5.41) is 2.93. The number of amides is 1. The fourth-order valence-electron chi connectivity index (χ4n) is 2.97. The largest absolute Gasteiger partial charge is 0.350 e. The Labute approximate surface area is 121 Å². The molecule has 1 saturated heterocycles. The molecule has 0 aromatic heterocycles. The van der Waals surface area contributed by atoms with E-state index in [2.05, 4.69) is 5.32 Å². The summed E-state index contributed by atoms with van der Waals surface area (Å²) in [5.74, 6) is 0.164. The van der Waals surface area contributed by atoms with Crippen molar-refractivity contribution in [3.05, 3.63) is 0 Å². The molecule has 2 rings (SSSR count). The monoisotopic (exact) mass is 310 g/mol. The molecule has 3 unspecified atom stereocenters. The van der Waals surface area contributed by atoms with Gasteiger partial charge in [-0.3, -0.25) is 4.79 Å². The second kappa shape index (κ2) is 5.97. The standard InChI is InChI=1S/C12H22N2O3S.ClH/c1-12(5-6-18(16,17)8-12)14-11(15)9-3-2-4-10(13)7-9;/h9-10H,2-8,13H2,1H3,(H,14,15);1H. The third-order valence-electron chi connectivity index (χ3n) is 4.01. The molecule has 0 bridgehead atoms. The molecule has 0 radical (unpaired) electrons. The predicted octanol–water partition coefficient (Wildman–Crippen LogP) is 0.619. The van der Waals surface area contributed by atoms with E-state index in [4.69, 9.17) is 5.73 Å². The maximum absolute atomic E-state index is 12.2. The number of carbonyl (C=O) groups excluding carboxylic acids is 1. The maximum Gasteiger partial charge on any atom is 0.223 e. The first-order valence-electron chi connectivity index (χ1n) is 6.58. The Morgan fingerprint density at radius 3 is 2.58 bits per heavy atom. The summed E-state index contributed by atoms with van der Waals surface area (Å²) in [4.78, 5) is 12.2. The highest BCUT2D eigenvalue weighted by atomic mass is 35.5. The van der Waals surface area contributed by atoms with Gasteiger partial charge in [-0.05, 0) is 32.6 Å². The fraction of sp³-hybridized carbons (Fsp3) is 0.917. The highest BCUT2D eigenvalue weighted by molar-refractivity contribution is 7.91. The first-order valence-corrected chi connectivity index (χ1v) is 8.40. The van der Waals surface area contributed by atoms with E-state index in [1.54, 1.807) is 0 Å². The van der Waals surface area contributed by atoms with Crippen LogP contribution in [0.15, 0.2) is 0 Å². The molecule has 112 valence electrons. The lowest BCUT2D eigenvalue weighted by Crippen LogP contribution is -2.50. The molecular formula is C12H23ClN2O3S. The zero-order chi connectivity index (χ0) is 13.4. The van der Waals surface area contributed by atoms with E-state index in [0.29, 0.717) is 12.8 Å². The SMILES string of the molecule is CC1(NC(=O)C2CCCC(N)C2)CCS(=O)(=O)C1.Cl. The van der Waals surface area contributed by atoms with Crippen LogP contribution in [0.4, 0.5) is 0 Å². The van der Waals surface area contributed by atoms with E-state index in [-0.39, 0.29) is 41.8 Å². The smallest absolute Gasteiger partial charge is 0.223 e. The van der Waals surface area contributed by atoms with E-state index < -0.39 is 15.4 Å². The fourth-order valence-corrected chi connectivity index (χ4v) is 5.07. The first kappa shape index (κ1) is 16.7. The maximum atomic E-state index is 12.2. The van der Waals surface area contributed by atoms with Crippen LogP contribution in [-0.4, -0.2) is 37.4 Å². The van der Waals surface area contributed by atoms with Crippen molar-refractivity contribution in [2.45, 2.75) is 50.6 Å². The number of sulfone groups is 1. The van der Waals surface area contributed by atoms with Crippen LogP contribution < -0.4 is 11.1 Å². The molecule has 1 heterocycles. The molecule has 0 spiro atoms. The Kier molecular flexibility index (Phi) is 5.26. The van der Waals surface area contributed by atoms with Gasteiger partial charge in [-0.15, -0.1) is 12.4 Å². The summed E-state index contributed by atoms with van der Waals surface area (Å²) in [6.45, 7) is 1.82. The van der Waals surface area contributed by atoms with Gasteiger partial charge in [0.15, 0.2) is 9.84 Å². The molecule has 1 amide bonds. The molecule has 3 N–H and O–H groups in total. The van der Waals surface area contributed by atoms with Crippen LogP contribution in [0.2, 0.25) is 0 Å². The second-order valence-electron chi connectivity index (χ2n) is 6.02. The van der Waals surface area contributed by atoms with Gasteiger partial charge in [-0.25, -0.2) is 8.42 Å². The molecule has 3 atom stereocenters. The van der Waals surface area contributed by atoms with Crippen molar-refractivity contribution in [2.24, 2.45) is 11.7 Å². The van der Waals surface area contributed by atoms with Crippen molar-refractivity contribution in [3.63, 3.8) is 0 Å². The lowest BCUT2D eigenvalue weighted by atomic mass is 9.85. The molecule has 19 heavy (non-hydrogen) atoms. The molecule has 2 fully saturated rings. The third kappa shape index (κ3) is 4.33. The minimum absolute atomic E-state index is 0. The summed E-state index contributed by atoms with van der Waals surface area (Å²) < 4.78 is 23.0. The average Bonchev–Trinajstić information content (AvgIpc) is 2.52. The van der Waals surface area contributed by atoms with E-state index in [1.165, 1.54) is 0 Å². The van der Waals surface area contributed by atoms with Gasteiger partial charge in [0.25, 0.3) is 0 Å². The molecular weight excluding hydrogens is 288 g/mol. The van der Waals surface area contributed by atoms with Crippen LogP contribution in [-0.2, 0) is 14.6 Å². The van der Waals surface area contributed by atoms with E-state index >= 15 is 0 Å². The van der Waals surface area contributed by atoms with Gasteiger partial charge >= 0.3 is 0 Å². The summed E-state index contributed by atoms with van der Waals surface area (Å²) >= 11 is 0. The predicted molar refractivity (Wildman–Crippen MR) is 77.0 cm³/mol. The van der Waals surface area contributed by atoms with Gasteiger partial charge in [0.05, 0.1) is 17.0 Å². The number of carbonyl (C=O) groups is 1. The van der Waals surface area contributed by atoms with Crippen LogP contribution in [0, 0.1) is 5.92 Å². The lowest BCUT2D eigenvalue weighted by Gasteiger charge is -2.30. The number of nitrogens with one attached hydrogen (secondary N) is 1. The van der Waals surface area contributed by atoms with Crippen LogP contribution in [0.3, 0.4) is 0 Å². The van der Waals surface area contributed by atoms with Gasteiger partial charge in [0.2, 0.25) is 5.91 Å². The topological polar surface area (TPSA) is 89.3 Å². The number of hydrogen-bond donors (Lipinski definition) is 2. The third-order valence-corrected chi connectivity index (χ3v) is 5.92. The summed E-state index contributed by atoms with van der Waals surface area (Å²) in [6.07, 6.45) is 4.06.